The molecule has 80 valence electrons. The first kappa shape index (κ1) is 9.85. The van der Waals surface area contributed by atoms with Gasteiger partial charge in [-0.1, -0.05) is 5.16 Å². The lowest BCUT2D eigenvalue weighted by Gasteiger charge is -2.15. The van der Waals surface area contributed by atoms with Crippen molar-refractivity contribution in [1.82, 2.24) is 15.1 Å². The van der Waals surface area contributed by atoms with E-state index in [4.69, 9.17) is 10.3 Å². The SMILES string of the molecule is CN(CCCN)c1ncc2oncc2n1. The summed E-state index contributed by atoms with van der Waals surface area (Å²) in [4.78, 5) is 10.4. The van der Waals surface area contributed by atoms with E-state index >= 15 is 0 Å². The average molecular weight is 207 g/mol. The lowest BCUT2D eigenvalue weighted by Crippen LogP contribution is -2.22. The largest absolute Gasteiger partial charge is 0.353 e. The molecule has 0 saturated carbocycles. The highest BCUT2D eigenvalue weighted by atomic mass is 16.5. The third-order valence-corrected chi connectivity index (χ3v) is 2.14. The standard InChI is InChI=1S/C9H13N5O/c1-14(4-2-3-10)9-11-6-8-7(13-9)5-12-15-8/h5-6H,2-4,10H2,1H3. The molecule has 0 amide bonds. The van der Waals surface area contributed by atoms with Crippen LogP contribution in [-0.2, 0) is 0 Å². The van der Waals surface area contributed by atoms with Crippen LogP contribution in [0.15, 0.2) is 16.9 Å². The maximum absolute atomic E-state index is 5.44. The Kier molecular flexibility index (Phi) is 2.77. The zero-order valence-corrected chi connectivity index (χ0v) is 8.55. The normalized spacial score (nSPS) is 10.8. The monoisotopic (exact) mass is 207 g/mol. The summed E-state index contributed by atoms with van der Waals surface area (Å²) in [5, 5.41) is 3.65. The Bertz CT molecular complexity index is 441. The van der Waals surface area contributed by atoms with Crippen LogP contribution in [-0.4, -0.2) is 35.3 Å². The average Bonchev–Trinajstić information content (AvgIpc) is 2.72. The third kappa shape index (κ3) is 2.04. The van der Waals surface area contributed by atoms with Crippen molar-refractivity contribution in [2.75, 3.05) is 25.0 Å². The molecule has 2 rings (SSSR count). The maximum atomic E-state index is 5.44. The molecule has 0 atom stereocenters. The van der Waals surface area contributed by atoms with Gasteiger partial charge in [-0.2, -0.15) is 0 Å². The van der Waals surface area contributed by atoms with Gasteiger partial charge in [0.15, 0.2) is 0 Å². The zero-order chi connectivity index (χ0) is 10.7. The van der Waals surface area contributed by atoms with Crippen LogP contribution < -0.4 is 10.6 Å². The fourth-order valence-electron chi connectivity index (χ4n) is 1.28. The summed E-state index contributed by atoms with van der Waals surface area (Å²) in [6.45, 7) is 1.51. The summed E-state index contributed by atoms with van der Waals surface area (Å²) >= 11 is 0. The highest BCUT2D eigenvalue weighted by molar-refractivity contribution is 5.71. The summed E-state index contributed by atoms with van der Waals surface area (Å²) in [7, 11) is 1.93. The van der Waals surface area contributed by atoms with E-state index in [1.165, 1.54) is 0 Å². The van der Waals surface area contributed by atoms with Crippen LogP contribution >= 0.6 is 0 Å². The van der Waals surface area contributed by atoms with E-state index in [1.54, 1.807) is 12.4 Å². The Hall–Kier alpha value is -1.69. The van der Waals surface area contributed by atoms with E-state index in [0.717, 1.165) is 18.5 Å². The van der Waals surface area contributed by atoms with Crippen LogP contribution in [0.5, 0.6) is 0 Å². The van der Waals surface area contributed by atoms with Gasteiger partial charge in [0.1, 0.15) is 5.52 Å². The minimum atomic E-state index is 0.603. The van der Waals surface area contributed by atoms with E-state index in [-0.39, 0.29) is 0 Å². The van der Waals surface area contributed by atoms with Crippen LogP contribution in [0.4, 0.5) is 5.95 Å². The van der Waals surface area contributed by atoms with E-state index in [2.05, 4.69) is 15.1 Å². The molecule has 0 fully saturated rings. The number of fused-ring (bicyclic) bond motifs is 1. The topological polar surface area (TPSA) is 81.1 Å². The quantitative estimate of drug-likeness (QED) is 0.781. The zero-order valence-electron chi connectivity index (χ0n) is 8.55. The number of hydrogen-bond acceptors (Lipinski definition) is 6. The first-order valence-electron chi connectivity index (χ1n) is 4.80. The van der Waals surface area contributed by atoms with Gasteiger partial charge in [-0.25, -0.2) is 9.97 Å². The second kappa shape index (κ2) is 4.22. The molecule has 2 N–H and O–H groups in total. The molecular weight excluding hydrogens is 194 g/mol. The summed E-state index contributed by atoms with van der Waals surface area (Å²) in [5.41, 5.74) is 6.76. The van der Waals surface area contributed by atoms with Gasteiger partial charge in [0.05, 0.1) is 12.4 Å². The molecule has 0 spiro atoms. The van der Waals surface area contributed by atoms with E-state index in [1.807, 2.05) is 11.9 Å². The summed E-state index contributed by atoms with van der Waals surface area (Å²) in [6, 6.07) is 0. The van der Waals surface area contributed by atoms with Gasteiger partial charge in [0.2, 0.25) is 11.5 Å². The minimum absolute atomic E-state index is 0.603. The van der Waals surface area contributed by atoms with Crippen LogP contribution in [0.1, 0.15) is 6.42 Å². The van der Waals surface area contributed by atoms with Crippen molar-refractivity contribution in [2.45, 2.75) is 6.42 Å². The Balaban J connectivity index is 2.19. The van der Waals surface area contributed by atoms with Crippen LogP contribution in [0.2, 0.25) is 0 Å². The van der Waals surface area contributed by atoms with E-state index in [0.29, 0.717) is 18.1 Å². The van der Waals surface area contributed by atoms with Crippen molar-refractivity contribution >= 4 is 17.0 Å². The molecule has 0 unspecified atom stereocenters. The van der Waals surface area contributed by atoms with Gasteiger partial charge in [0.25, 0.3) is 0 Å². The molecule has 2 heterocycles. The molecule has 0 aliphatic heterocycles. The second-order valence-corrected chi connectivity index (χ2v) is 3.31. The van der Waals surface area contributed by atoms with Crippen LogP contribution in [0, 0.1) is 0 Å². The summed E-state index contributed by atoms with van der Waals surface area (Å²) < 4.78 is 4.92. The molecule has 0 aromatic carbocycles. The molecule has 6 heteroatoms. The Morgan fingerprint density at radius 2 is 2.33 bits per heavy atom. The molecule has 0 saturated heterocycles. The molecular formula is C9H13N5O. The van der Waals surface area contributed by atoms with Crippen LogP contribution in [0.25, 0.3) is 11.1 Å². The van der Waals surface area contributed by atoms with Crippen molar-refractivity contribution in [3.63, 3.8) is 0 Å². The highest BCUT2D eigenvalue weighted by Crippen LogP contribution is 2.13. The maximum Gasteiger partial charge on any atom is 0.225 e. The van der Waals surface area contributed by atoms with Crippen molar-refractivity contribution in [3.05, 3.63) is 12.4 Å². The predicted molar refractivity (Wildman–Crippen MR) is 56.5 cm³/mol. The Morgan fingerprint density at radius 1 is 1.47 bits per heavy atom. The third-order valence-electron chi connectivity index (χ3n) is 2.14. The number of rotatable bonds is 4. The second-order valence-electron chi connectivity index (χ2n) is 3.31. The van der Waals surface area contributed by atoms with Crippen molar-refractivity contribution in [2.24, 2.45) is 5.73 Å². The first-order valence-corrected chi connectivity index (χ1v) is 4.80. The lowest BCUT2D eigenvalue weighted by molar-refractivity contribution is 0.455. The van der Waals surface area contributed by atoms with Crippen molar-refractivity contribution < 1.29 is 4.52 Å². The van der Waals surface area contributed by atoms with E-state index < -0.39 is 0 Å². The molecule has 0 aliphatic carbocycles. The number of anilines is 1. The van der Waals surface area contributed by atoms with Gasteiger partial charge >= 0.3 is 0 Å². The van der Waals surface area contributed by atoms with Gasteiger partial charge in [-0.3, -0.25) is 0 Å². The van der Waals surface area contributed by atoms with Gasteiger partial charge in [-0.05, 0) is 13.0 Å². The summed E-state index contributed by atoms with van der Waals surface area (Å²) in [5.74, 6) is 0.666. The Labute approximate surface area is 87.1 Å². The number of aromatic nitrogens is 3. The first-order chi connectivity index (χ1) is 7.31. The van der Waals surface area contributed by atoms with Gasteiger partial charge < -0.3 is 15.2 Å². The predicted octanol–water partition coefficient (Wildman–Crippen LogP) is 0.403. The molecule has 15 heavy (non-hydrogen) atoms. The van der Waals surface area contributed by atoms with Crippen molar-refractivity contribution in [3.8, 4) is 0 Å². The molecule has 0 radical (unpaired) electrons. The number of hydrogen-bond donors (Lipinski definition) is 1. The molecule has 6 nitrogen and oxygen atoms in total. The van der Waals surface area contributed by atoms with Gasteiger partial charge in [0, 0.05) is 13.6 Å². The fraction of sp³-hybridized carbons (Fsp3) is 0.444. The number of nitrogens with zero attached hydrogens (tertiary/aromatic N) is 4. The van der Waals surface area contributed by atoms with E-state index in [9.17, 15) is 0 Å². The minimum Gasteiger partial charge on any atom is -0.353 e. The smallest absolute Gasteiger partial charge is 0.225 e. The molecule has 0 aliphatic rings. The van der Waals surface area contributed by atoms with Gasteiger partial charge in [-0.15, -0.1) is 0 Å². The van der Waals surface area contributed by atoms with Crippen LogP contribution in [0.3, 0.4) is 0 Å². The number of nitrogens with two attached hydrogens (primary N) is 1. The highest BCUT2D eigenvalue weighted by Gasteiger charge is 2.06. The summed E-state index contributed by atoms with van der Waals surface area (Å²) in [6.07, 6.45) is 4.13. The molecule has 2 aromatic heterocycles. The van der Waals surface area contributed by atoms with Crippen molar-refractivity contribution in [1.29, 1.82) is 0 Å². The fourth-order valence-corrected chi connectivity index (χ4v) is 1.28. The molecule has 2 aromatic rings. The lowest BCUT2D eigenvalue weighted by atomic mass is 10.4. The molecule has 0 bridgehead atoms. The Morgan fingerprint density at radius 3 is 3.13 bits per heavy atom.